The maximum atomic E-state index is 12.9. The molecule has 0 aliphatic heterocycles. The van der Waals surface area contributed by atoms with Crippen LogP contribution >= 0.6 is 7.82 Å². The van der Waals surface area contributed by atoms with Crippen LogP contribution < -0.4 is 10.2 Å². The summed E-state index contributed by atoms with van der Waals surface area (Å²) in [5.41, 5.74) is 0. The van der Waals surface area contributed by atoms with Crippen molar-refractivity contribution < 1.29 is 32.9 Å². The molecule has 8 nitrogen and oxygen atoms in total. The SMILES string of the molecule is CC/C=C\C/C=C\CCCCCCCCCCCCCCCCC(=O)NC(COP(=O)([O-])OCC[N+](C)(C)C)C(O)/C=C/CC/C=C/CC/C=C/CCCCCCCCCC. The number of phosphoric acid groups is 1. The molecule has 3 atom stereocenters. The first kappa shape index (κ1) is 59.2. The minimum Gasteiger partial charge on any atom is -0.756 e. The molecule has 0 saturated carbocycles. The van der Waals surface area contributed by atoms with Gasteiger partial charge in [-0.3, -0.25) is 9.36 Å². The van der Waals surface area contributed by atoms with Gasteiger partial charge in [-0.2, -0.15) is 0 Å². The van der Waals surface area contributed by atoms with Crippen molar-refractivity contribution in [1.29, 1.82) is 0 Å². The fourth-order valence-electron chi connectivity index (χ4n) is 6.99. The van der Waals surface area contributed by atoms with E-state index in [1.807, 2.05) is 27.2 Å². The molecule has 0 spiro atoms. The predicted molar refractivity (Wildman–Crippen MR) is 261 cm³/mol. The van der Waals surface area contributed by atoms with Crippen molar-refractivity contribution in [2.75, 3.05) is 40.9 Å². The molecule has 0 aliphatic carbocycles. The van der Waals surface area contributed by atoms with Crippen LogP contribution in [0, 0.1) is 0 Å². The average molecular weight is 877 g/mol. The van der Waals surface area contributed by atoms with Gasteiger partial charge in [0.2, 0.25) is 5.91 Å². The third-order valence-corrected chi connectivity index (χ3v) is 11.9. The normalized spacial score (nSPS) is 14.7. The van der Waals surface area contributed by atoms with Gasteiger partial charge in [-0.05, 0) is 70.6 Å². The van der Waals surface area contributed by atoms with Crippen LogP contribution in [0.3, 0.4) is 0 Å². The van der Waals surface area contributed by atoms with E-state index in [2.05, 4.69) is 67.8 Å². The summed E-state index contributed by atoms with van der Waals surface area (Å²) in [4.78, 5) is 25.4. The maximum Gasteiger partial charge on any atom is 0.268 e. The molecule has 0 aromatic heterocycles. The Bertz CT molecular complexity index is 1180. The number of allylic oxidation sites excluding steroid dienone is 9. The van der Waals surface area contributed by atoms with Crippen LogP contribution in [0.2, 0.25) is 0 Å². The van der Waals surface area contributed by atoms with E-state index >= 15 is 0 Å². The minimum absolute atomic E-state index is 0.0104. The second kappa shape index (κ2) is 43.5. The number of quaternary nitrogens is 1. The van der Waals surface area contributed by atoms with Crippen molar-refractivity contribution in [2.45, 2.75) is 225 Å². The fourth-order valence-corrected chi connectivity index (χ4v) is 7.71. The molecule has 0 fully saturated rings. The highest BCUT2D eigenvalue weighted by Gasteiger charge is 2.23. The van der Waals surface area contributed by atoms with Crippen LogP contribution in [0.25, 0.3) is 0 Å². The average Bonchev–Trinajstić information content (AvgIpc) is 3.21. The van der Waals surface area contributed by atoms with E-state index in [-0.39, 0.29) is 12.5 Å². The number of nitrogens with one attached hydrogen (secondary N) is 1. The third kappa shape index (κ3) is 46.0. The standard InChI is InChI=1S/C52H97N2O6P/c1-6-8-10-12-14-16-18-20-22-24-26-27-28-30-32-34-36-38-40-42-44-46-52(56)53-50(49-60-61(57,58)59-48-47-54(3,4)5)51(55)45-43-41-39-37-35-33-31-29-25-23-21-19-17-15-13-11-9-7-2/h8,10,14,16,25,29,35,37,43,45,50-51,55H,6-7,9,11-13,15,17-24,26-28,30-34,36,38-42,44,46-49H2,1-5H3,(H-,53,56,57,58)/b10-8-,16-14-,29-25+,37-35+,45-43+. The summed E-state index contributed by atoms with van der Waals surface area (Å²) in [6.45, 7) is 4.52. The molecule has 0 bridgehead atoms. The van der Waals surface area contributed by atoms with E-state index in [1.165, 1.54) is 135 Å². The monoisotopic (exact) mass is 877 g/mol. The van der Waals surface area contributed by atoms with E-state index in [9.17, 15) is 19.4 Å². The number of carbonyl (C=O) groups excluding carboxylic acids is 1. The van der Waals surface area contributed by atoms with Crippen LogP contribution in [0.5, 0.6) is 0 Å². The Hall–Kier alpha value is -1.80. The van der Waals surface area contributed by atoms with Crippen molar-refractivity contribution in [3.63, 3.8) is 0 Å². The lowest BCUT2D eigenvalue weighted by atomic mass is 10.0. The molecule has 356 valence electrons. The highest BCUT2D eigenvalue weighted by atomic mass is 31.2. The molecular weight excluding hydrogens is 780 g/mol. The molecule has 2 N–H and O–H groups in total. The Balaban J connectivity index is 4.37. The number of aliphatic hydroxyl groups excluding tert-OH is 1. The van der Waals surface area contributed by atoms with Crippen molar-refractivity contribution in [3.8, 4) is 0 Å². The van der Waals surface area contributed by atoms with Gasteiger partial charge < -0.3 is 28.8 Å². The summed E-state index contributed by atoms with van der Waals surface area (Å²) in [6, 6.07) is -0.911. The van der Waals surface area contributed by atoms with Gasteiger partial charge in [-0.25, -0.2) is 0 Å². The maximum absolute atomic E-state index is 12.9. The zero-order valence-corrected chi connectivity index (χ0v) is 41.2. The first-order valence-corrected chi connectivity index (χ1v) is 26.6. The van der Waals surface area contributed by atoms with Crippen LogP contribution in [0.1, 0.15) is 213 Å². The van der Waals surface area contributed by atoms with Crippen molar-refractivity contribution in [2.24, 2.45) is 0 Å². The molecule has 0 saturated heterocycles. The van der Waals surface area contributed by atoms with Gasteiger partial charge in [-0.1, -0.05) is 197 Å². The summed E-state index contributed by atoms with van der Waals surface area (Å²) in [5, 5.41) is 13.8. The highest BCUT2D eigenvalue weighted by molar-refractivity contribution is 7.45. The molecule has 0 rings (SSSR count). The lowest BCUT2D eigenvalue weighted by molar-refractivity contribution is -0.870. The zero-order valence-electron chi connectivity index (χ0n) is 40.4. The van der Waals surface area contributed by atoms with Gasteiger partial charge in [0.15, 0.2) is 0 Å². The summed E-state index contributed by atoms with van der Waals surface area (Å²) in [7, 11) is 1.23. The summed E-state index contributed by atoms with van der Waals surface area (Å²) in [6.07, 6.45) is 57.1. The van der Waals surface area contributed by atoms with Gasteiger partial charge in [0.1, 0.15) is 13.2 Å². The molecule has 0 aromatic rings. The number of carbonyl (C=O) groups is 1. The number of unbranched alkanes of at least 4 members (excludes halogenated alkanes) is 24. The van der Waals surface area contributed by atoms with Crippen LogP contribution in [0.15, 0.2) is 60.8 Å². The van der Waals surface area contributed by atoms with Crippen molar-refractivity contribution in [1.82, 2.24) is 5.32 Å². The van der Waals surface area contributed by atoms with Gasteiger partial charge in [-0.15, -0.1) is 0 Å². The number of hydrogen-bond acceptors (Lipinski definition) is 6. The lowest BCUT2D eigenvalue weighted by Gasteiger charge is -2.29. The highest BCUT2D eigenvalue weighted by Crippen LogP contribution is 2.38. The Labute approximate surface area is 377 Å². The first-order chi connectivity index (χ1) is 29.5. The largest absolute Gasteiger partial charge is 0.756 e. The molecule has 3 unspecified atom stereocenters. The van der Waals surface area contributed by atoms with Crippen LogP contribution in [-0.2, 0) is 18.4 Å². The van der Waals surface area contributed by atoms with Crippen LogP contribution in [0.4, 0.5) is 0 Å². The van der Waals surface area contributed by atoms with Gasteiger partial charge in [0.25, 0.3) is 7.82 Å². The Morgan fingerprint density at radius 1 is 0.590 bits per heavy atom. The molecule has 0 heterocycles. The smallest absolute Gasteiger partial charge is 0.268 e. The number of aliphatic hydroxyl groups is 1. The number of nitrogens with zero attached hydrogens (tertiary/aromatic N) is 1. The number of phosphoric ester groups is 1. The van der Waals surface area contributed by atoms with Crippen molar-refractivity contribution in [3.05, 3.63) is 60.8 Å². The third-order valence-electron chi connectivity index (χ3n) is 10.9. The van der Waals surface area contributed by atoms with E-state index in [0.717, 1.165) is 57.8 Å². The van der Waals surface area contributed by atoms with Gasteiger partial charge in [0, 0.05) is 6.42 Å². The second-order valence-electron chi connectivity index (χ2n) is 18.1. The summed E-state index contributed by atoms with van der Waals surface area (Å²) < 4.78 is 23.2. The number of rotatable bonds is 45. The van der Waals surface area contributed by atoms with Crippen molar-refractivity contribution >= 4 is 13.7 Å². The van der Waals surface area contributed by atoms with Gasteiger partial charge >= 0.3 is 0 Å². The quantitative estimate of drug-likeness (QED) is 0.0273. The Morgan fingerprint density at radius 2 is 1.02 bits per heavy atom. The molecule has 1 amide bonds. The number of likely N-dealkylation sites (N-methyl/N-ethyl adjacent to an activating group) is 1. The predicted octanol–water partition coefficient (Wildman–Crippen LogP) is 14.0. The minimum atomic E-state index is -4.60. The first-order valence-electron chi connectivity index (χ1n) is 25.2. The van der Waals surface area contributed by atoms with E-state index in [4.69, 9.17) is 9.05 Å². The zero-order chi connectivity index (χ0) is 45.0. The van der Waals surface area contributed by atoms with Crippen LogP contribution in [-0.4, -0.2) is 68.5 Å². The Morgan fingerprint density at radius 3 is 1.51 bits per heavy atom. The second-order valence-corrected chi connectivity index (χ2v) is 19.5. The van der Waals surface area contributed by atoms with E-state index < -0.39 is 26.6 Å². The molecule has 9 heteroatoms. The molecular formula is C52H97N2O6P. The lowest BCUT2D eigenvalue weighted by Crippen LogP contribution is -2.45. The number of amides is 1. The molecule has 61 heavy (non-hydrogen) atoms. The van der Waals surface area contributed by atoms with E-state index in [1.54, 1.807) is 6.08 Å². The summed E-state index contributed by atoms with van der Waals surface area (Å²) in [5.74, 6) is -0.213. The topological polar surface area (TPSA) is 108 Å². The Kier molecular flexibility index (Phi) is 42.2. The molecule has 0 radical (unpaired) electrons. The fraction of sp³-hybridized carbons (Fsp3) is 0.788. The molecule has 0 aromatic carbocycles. The molecule has 0 aliphatic rings. The number of hydrogen-bond donors (Lipinski definition) is 2. The van der Waals surface area contributed by atoms with Gasteiger partial charge in [0.05, 0.1) is 39.9 Å². The summed E-state index contributed by atoms with van der Waals surface area (Å²) >= 11 is 0. The van der Waals surface area contributed by atoms with E-state index in [0.29, 0.717) is 17.4 Å².